The fraction of sp³-hybridized carbons (Fsp3) is 0.550. The summed E-state index contributed by atoms with van der Waals surface area (Å²) >= 11 is 7.64. The third-order valence-corrected chi connectivity index (χ3v) is 6.67. The molecule has 152 valence electrons. The molecule has 8 heteroatoms. The molecule has 0 bridgehead atoms. The number of thioether (sulfide) groups is 1. The number of rotatable bonds is 7. The first-order chi connectivity index (χ1) is 13.4. The summed E-state index contributed by atoms with van der Waals surface area (Å²) in [5, 5.41) is 2.50. The maximum absolute atomic E-state index is 13.2. The van der Waals surface area contributed by atoms with Crippen molar-refractivity contribution in [3.8, 4) is 0 Å². The summed E-state index contributed by atoms with van der Waals surface area (Å²) < 4.78 is 5.41. The molecular formula is C20H26ClN2O4S+. The van der Waals surface area contributed by atoms with Crippen molar-refractivity contribution in [3.05, 3.63) is 34.9 Å². The lowest BCUT2D eigenvalue weighted by atomic mass is 9.78. The third-order valence-electron chi connectivity index (χ3n) is 5.81. The van der Waals surface area contributed by atoms with E-state index in [0.29, 0.717) is 23.7 Å². The average molecular weight is 426 g/mol. The van der Waals surface area contributed by atoms with Gasteiger partial charge in [0.25, 0.3) is 0 Å². The van der Waals surface area contributed by atoms with E-state index in [9.17, 15) is 14.4 Å². The maximum Gasteiger partial charge on any atom is 0.368 e. The Bertz CT molecular complexity index is 772. The molecule has 0 radical (unpaired) electrons. The normalized spacial score (nSPS) is 29.3. The summed E-state index contributed by atoms with van der Waals surface area (Å²) in [6, 6.07) is 6.93. The first-order valence-electron chi connectivity index (χ1n) is 9.54. The zero-order valence-corrected chi connectivity index (χ0v) is 17.9. The summed E-state index contributed by atoms with van der Waals surface area (Å²) in [5.74, 6) is -1.48. The topological polar surface area (TPSA) is 80.3 Å². The fourth-order valence-electron chi connectivity index (χ4n) is 4.55. The standard InChI is InChI=1S/C20H25ClN2O4S/c1-4-23-17(24)14-15(18(23)25)20(10-11-28-3,19(26)27-5-2)22-16(14)12-6-8-13(21)9-7-12/h6-9,14-16,22H,4-5,10-11H2,1-3H3/p+1/t14-,15+,16-,20-/m1/s1. The second-order valence-electron chi connectivity index (χ2n) is 7.17. The number of nitrogens with two attached hydrogens (primary N) is 1. The van der Waals surface area contributed by atoms with Crippen molar-refractivity contribution in [1.82, 2.24) is 4.90 Å². The number of imide groups is 1. The third kappa shape index (κ3) is 3.33. The quantitative estimate of drug-likeness (QED) is 0.530. The number of benzene rings is 1. The van der Waals surface area contributed by atoms with Crippen LogP contribution in [0.4, 0.5) is 0 Å². The van der Waals surface area contributed by atoms with Crippen LogP contribution in [-0.4, -0.2) is 53.4 Å². The molecule has 28 heavy (non-hydrogen) atoms. The van der Waals surface area contributed by atoms with Gasteiger partial charge >= 0.3 is 5.97 Å². The smallest absolute Gasteiger partial charge is 0.368 e. The van der Waals surface area contributed by atoms with Gasteiger partial charge in [-0.05, 0) is 38.0 Å². The van der Waals surface area contributed by atoms with Crippen molar-refractivity contribution < 1.29 is 24.4 Å². The van der Waals surface area contributed by atoms with Crippen LogP contribution in [-0.2, 0) is 19.1 Å². The minimum absolute atomic E-state index is 0.205. The molecule has 3 rings (SSSR count). The van der Waals surface area contributed by atoms with Gasteiger partial charge in [0.2, 0.25) is 17.4 Å². The van der Waals surface area contributed by atoms with E-state index in [0.717, 1.165) is 5.56 Å². The van der Waals surface area contributed by atoms with Gasteiger partial charge in [-0.25, -0.2) is 4.79 Å². The Morgan fingerprint density at radius 1 is 1.25 bits per heavy atom. The first kappa shape index (κ1) is 21.1. The van der Waals surface area contributed by atoms with Crippen LogP contribution >= 0.6 is 23.4 Å². The number of carbonyl (C=O) groups is 3. The van der Waals surface area contributed by atoms with Gasteiger partial charge in [0.1, 0.15) is 17.9 Å². The van der Waals surface area contributed by atoms with Gasteiger partial charge in [-0.3, -0.25) is 14.5 Å². The lowest BCUT2D eigenvalue weighted by Crippen LogP contribution is -2.98. The van der Waals surface area contributed by atoms with Gasteiger partial charge < -0.3 is 10.1 Å². The van der Waals surface area contributed by atoms with Crippen molar-refractivity contribution in [2.75, 3.05) is 25.2 Å². The van der Waals surface area contributed by atoms with Gasteiger partial charge in [0, 0.05) is 23.6 Å². The Morgan fingerprint density at radius 2 is 1.93 bits per heavy atom. The number of carbonyl (C=O) groups excluding carboxylic acids is 3. The molecule has 0 saturated carbocycles. The molecule has 0 spiro atoms. The molecule has 2 amide bonds. The predicted molar refractivity (Wildman–Crippen MR) is 108 cm³/mol. The molecule has 2 aliphatic rings. The van der Waals surface area contributed by atoms with Gasteiger partial charge in [-0.2, -0.15) is 11.8 Å². The van der Waals surface area contributed by atoms with Crippen LogP contribution < -0.4 is 5.32 Å². The molecule has 2 fully saturated rings. The fourth-order valence-corrected chi connectivity index (χ4v) is 5.22. The van der Waals surface area contributed by atoms with Crippen LogP contribution in [0.3, 0.4) is 0 Å². The zero-order valence-electron chi connectivity index (χ0n) is 16.3. The number of hydrogen-bond acceptors (Lipinski definition) is 5. The van der Waals surface area contributed by atoms with E-state index in [1.165, 1.54) is 4.90 Å². The summed E-state index contributed by atoms with van der Waals surface area (Å²) in [6.07, 6.45) is 2.43. The molecule has 0 unspecified atom stereocenters. The molecular weight excluding hydrogens is 400 g/mol. The van der Waals surface area contributed by atoms with Crippen LogP contribution in [0, 0.1) is 11.8 Å². The Labute approximate surface area is 174 Å². The summed E-state index contributed by atoms with van der Waals surface area (Å²) in [7, 11) is 0. The Balaban J connectivity index is 2.11. The average Bonchev–Trinajstić information content (AvgIpc) is 3.15. The Hall–Kier alpha value is -1.57. The van der Waals surface area contributed by atoms with Crippen LogP contribution in [0.25, 0.3) is 0 Å². The number of halogens is 1. The van der Waals surface area contributed by atoms with Crippen LogP contribution in [0.5, 0.6) is 0 Å². The van der Waals surface area contributed by atoms with Crippen molar-refractivity contribution in [1.29, 1.82) is 0 Å². The van der Waals surface area contributed by atoms with E-state index in [1.54, 1.807) is 37.7 Å². The molecule has 0 aromatic heterocycles. The zero-order chi connectivity index (χ0) is 20.5. The molecule has 2 heterocycles. The van der Waals surface area contributed by atoms with E-state index in [4.69, 9.17) is 16.3 Å². The summed E-state index contributed by atoms with van der Waals surface area (Å²) in [4.78, 5) is 40.7. The Kier molecular flexibility index (Phi) is 6.37. The summed E-state index contributed by atoms with van der Waals surface area (Å²) in [5.41, 5.74) is -0.209. The second kappa shape index (κ2) is 8.43. The molecule has 1 aromatic carbocycles. The highest BCUT2D eigenvalue weighted by Gasteiger charge is 2.72. The molecule has 0 aliphatic carbocycles. The van der Waals surface area contributed by atoms with E-state index in [-0.39, 0.29) is 24.5 Å². The lowest BCUT2D eigenvalue weighted by molar-refractivity contribution is -0.734. The van der Waals surface area contributed by atoms with E-state index < -0.39 is 23.3 Å². The number of quaternary nitrogens is 1. The minimum Gasteiger partial charge on any atom is -0.461 e. The first-order valence-corrected chi connectivity index (χ1v) is 11.3. The van der Waals surface area contributed by atoms with Crippen molar-refractivity contribution >= 4 is 41.1 Å². The van der Waals surface area contributed by atoms with E-state index in [2.05, 4.69) is 0 Å². The minimum atomic E-state index is -1.09. The molecule has 1 aromatic rings. The number of likely N-dealkylation sites (tertiary alicyclic amines) is 1. The highest BCUT2D eigenvalue weighted by molar-refractivity contribution is 7.98. The van der Waals surface area contributed by atoms with Crippen LogP contribution in [0.2, 0.25) is 5.02 Å². The summed E-state index contributed by atoms with van der Waals surface area (Å²) in [6.45, 7) is 4.07. The van der Waals surface area contributed by atoms with Crippen molar-refractivity contribution in [2.45, 2.75) is 31.8 Å². The van der Waals surface area contributed by atoms with E-state index in [1.807, 2.05) is 23.7 Å². The SMILES string of the molecule is CCOC(=O)[C@]1(CCSC)[NH2+][C@H](c2ccc(Cl)cc2)[C@@H]2C(=O)N(CC)C(=O)[C@H]21. The van der Waals surface area contributed by atoms with Crippen LogP contribution in [0.15, 0.2) is 24.3 Å². The highest BCUT2D eigenvalue weighted by atomic mass is 35.5. The number of amides is 2. The van der Waals surface area contributed by atoms with Gasteiger partial charge in [-0.15, -0.1) is 0 Å². The number of esters is 1. The molecule has 2 saturated heterocycles. The number of hydrogen-bond donors (Lipinski definition) is 1. The second-order valence-corrected chi connectivity index (χ2v) is 8.59. The number of nitrogens with zero attached hydrogens (tertiary/aromatic N) is 1. The van der Waals surface area contributed by atoms with Gasteiger partial charge in [0.05, 0.1) is 6.61 Å². The maximum atomic E-state index is 13.2. The Morgan fingerprint density at radius 3 is 2.50 bits per heavy atom. The molecule has 2 aliphatic heterocycles. The van der Waals surface area contributed by atoms with Crippen molar-refractivity contribution in [2.24, 2.45) is 11.8 Å². The molecule has 2 N–H and O–H groups in total. The van der Waals surface area contributed by atoms with E-state index >= 15 is 0 Å². The van der Waals surface area contributed by atoms with Gasteiger partial charge in [0.15, 0.2) is 0 Å². The number of fused-ring (bicyclic) bond motifs is 1. The number of ether oxygens (including phenoxy) is 1. The monoisotopic (exact) mass is 425 g/mol. The lowest BCUT2D eigenvalue weighted by Gasteiger charge is -2.29. The largest absolute Gasteiger partial charge is 0.461 e. The highest BCUT2D eigenvalue weighted by Crippen LogP contribution is 2.46. The van der Waals surface area contributed by atoms with Crippen LogP contribution in [0.1, 0.15) is 31.9 Å². The molecule has 6 nitrogen and oxygen atoms in total. The molecule has 4 atom stereocenters. The van der Waals surface area contributed by atoms with Gasteiger partial charge in [-0.1, -0.05) is 23.7 Å². The predicted octanol–water partition coefficient (Wildman–Crippen LogP) is 1.63. The van der Waals surface area contributed by atoms with Crippen molar-refractivity contribution in [3.63, 3.8) is 0 Å².